The highest BCUT2D eigenvalue weighted by Gasteiger charge is 2.27. The molecule has 0 radical (unpaired) electrons. The fourth-order valence-corrected chi connectivity index (χ4v) is 1.30. The molecule has 0 fully saturated rings. The van der Waals surface area contributed by atoms with Gasteiger partial charge in [-0.1, -0.05) is 6.92 Å². The molecule has 0 spiro atoms. The largest absolute Gasteiger partial charge is 0.411 e. The Balaban J connectivity index is 3.72. The number of unbranched alkanes of at least 4 members (excludes halogenated alkanes) is 1. The van der Waals surface area contributed by atoms with Crippen LogP contribution in [0.2, 0.25) is 0 Å². The van der Waals surface area contributed by atoms with E-state index in [9.17, 15) is 13.2 Å². The fraction of sp³-hybridized carbons (Fsp3) is 0.818. The van der Waals surface area contributed by atoms with Crippen LogP contribution in [0.15, 0.2) is 0 Å². The maximum atomic E-state index is 11.8. The molecule has 16 heavy (non-hydrogen) atoms. The SMILES string of the molecule is C#CCCCC(COCC(F)(F)F)NCC. The summed E-state index contributed by atoms with van der Waals surface area (Å²) in [7, 11) is 0. The van der Waals surface area contributed by atoms with Gasteiger partial charge in [-0.3, -0.25) is 0 Å². The summed E-state index contributed by atoms with van der Waals surface area (Å²) in [4.78, 5) is 0. The molecule has 0 aromatic rings. The first-order valence-corrected chi connectivity index (χ1v) is 5.31. The molecule has 0 saturated carbocycles. The molecule has 0 aliphatic rings. The highest BCUT2D eigenvalue weighted by molar-refractivity contribution is 4.83. The second-order valence-corrected chi connectivity index (χ2v) is 3.48. The summed E-state index contributed by atoms with van der Waals surface area (Å²) >= 11 is 0. The zero-order valence-corrected chi connectivity index (χ0v) is 9.44. The summed E-state index contributed by atoms with van der Waals surface area (Å²) < 4.78 is 40.1. The molecular weight excluding hydrogens is 219 g/mol. The molecular formula is C11H18F3NO. The highest BCUT2D eigenvalue weighted by atomic mass is 19.4. The normalized spacial score (nSPS) is 13.4. The second kappa shape index (κ2) is 8.43. The van der Waals surface area contributed by atoms with Gasteiger partial charge in [-0.25, -0.2) is 0 Å². The first kappa shape index (κ1) is 15.3. The molecule has 0 aromatic carbocycles. The Labute approximate surface area is 94.5 Å². The number of terminal acetylenes is 1. The monoisotopic (exact) mass is 237 g/mol. The molecule has 94 valence electrons. The van der Waals surface area contributed by atoms with Gasteiger partial charge in [0.2, 0.25) is 0 Å². The number of nitrogens with one attached hydrogen (secondary N) is 1. The van der Waals surface area contributed by atoms with Crippen LogP contribution < -0.4 is 5.32 Å². The second-order valence-electron chi connectivity index (χ2n) is 3.48. The minimum absolute atomic E-state index is 0.0549. The van der Waals surface area contributed by atoms with Crippen molar-refractivity contribution in [2.24, 2.45) is 0 Å². The average Bonchev–Trinajstić information content (AvgIpc) is 2.16. The Morgan fingerprint density at radius 1 is 1.44 bits per heavy atom. The zero-order chi connectivity index (χ0) is 12.4. The van der Waals surface area contributed by atoms with E-state index in [1.54, 1.807) is 0 Å². The minimum atomic E-state index is -4.25. The van der Waals surface area contributed by atoms with E-state index >= 15 is 0 Å². The van der Waals surface area contributed by atoms with E-state index in [1.807, 2.05) is 6.92 Å². The van der Waals surface area contributed by atoms with Gasteiger partial charge in [0, 0.05) is 12.5 Å². The van der Waals surface area contributed by atoms with E-state index in [4.69, 9.17) is 6.42 Å². The molecule has 1 atom stereocenters. The summed E-state index contributed by atoms with van der Waals surface area (Å²) in [5.74, 6) is 2.50. The van der Waals surface area contributed by atoms with Crippen molar-refractivity contribution in [3.8, 4) is 12.3 Å². The average molecular weight is 237 g/mol. The van der Waals surface area contributed by atoms with Crippen LogP contribution in [0.1, 0.15) is 26.2 Å². The van der Waals surface area contributed by atoms with Crippen LogP contribution >= 0.6 is 0 Å². The molecule has 0 heterocycles. The lowest BCUT2D eigenvalue weighted by Crippen LogP contribution is -2.34. The van der Waals surface area contributed by atoms with Crippen molar-refractivity contribution in [1.29, 1.82) is 0 Å². The number of likely N-dealkylation sites (N-methyl/N-ethyl adjacent to an activating group) is 1. The number of halogens is 3. The van der Waals surface area contributed by atoms with Crippen LogP contribution in [0.4, 0.5) is 13.2 Å². The Morgan fingerprint density at radius 2 is 2.12 bits per heavy atom. The lowest BCUT2D eigenvalue weighted by molar-refractivity contribution is -0.175. The number of hydrogen-bond donors (Lipinski definition) is 1. The Kier molecular flexibility index (Phi) is 8.04. The third-order valence-corrected chi connectivity index (χ3v) is 1.95. The van der Waals surface area contributed by atoms with Crippen molar-refractivity contribution in [2.75, 3.05) is 19.8 Å². The first-order valence-electron chi connectivity index (χ1n) is 5.31. The lowest BCUT2D eigenvalue weighted by Gasteiger charge is -2.18. The van der Waals surface area contributed by atoms with E-state index in [2.05, 4.69) is 16.0 Å². The third kappa shape index (κ3) is 9.81. The van der Waals surface area contributed by atoms with Crippen LogP contribution in [0.3, 0.4) is 0 Å². The predicted molar refractivity (Wildman–Crippen MR) is 57.0 cm³/mol. The molecule has 5 heteroatoms. The molecule has 1 unspecified atom stereocenters. The standard InChI is InChI=1S/C11H18F3NO/c1-3-5-6-7-10(15-4-2)8-16-9-11(12,13)14/h1,10,15H,4-9H2,2H3. The van der Waals surface area contributed by atoms with Gasteiger partial charge < -0.3 is 10.1 Å². The van der Waals surface area contributed by atoms with Crippen molar-refractivity contribution in [3.05, 3.63) is 0 Å². The van der Waals surface area contributed by atoms with Gasteiger partial charge in [0.1, 0.15) is 6.61 Å². The summed E-state index contributed by atoms with van der Waals surface area (Å²) in [5, 5.41) is 3.07. The van der Waals surface area contributed by atoms with Gasteiger partial charge in [-0.15, -0.1) is 12.3 Å². The van der Waals surface area contributed by atoms with E-state index in [1.165, 1.54) is 0 Å². The first-order chi connectivity index (χ1) is 7.49. The molecule has 0 aliphatic heterocycles. The molecule has 0 rings (SSSR count). The molecule has 0 amide bonds. The van der Waals surface area contributed by atoms with Gasteiger partial charge in [-0.2, -0.15) is 13.2 Å². The van der Waals surface area contributed by atoms with Crippen molar-refractivity contribution < 1.29 is 17.9 Å². The summed E-state index contributed by atoms with van der Waals surface area (Å²) in [6, 6.07) is -0.0549. The number of hydrogen-bond acceptors (Lipinski definition) is 2. The van der Waals surface area contributed by atoms with E-state index < -0.39 is 12.8 Å². The van der Waals surface area contributed by atoms with Crippen molar-refractivity contribution >= 4 is 0 Å². The van der Waals surface area contributed by atoms with Gasteiger partial charge in [0.25, 0.3) is 0 Å². The molecule has 0 aliphatic carbocycles. The topological polar surface area (TPSA) is 21.3 Å². The summed E-state index contributed by atoms with van der Waals surface area (Å²) in [6.45, 7) is 1.48. The summed E-state index contributed by atoms with van der Waals surface area (Å²) in [6.07, 6.45) is 3.01. The van der Waals surface area contributed by atoms with Crippen molar-refractivity contribution in [3.63, 3.8) is 0 Å². The number of alkyl halides is 3. The molecule has 2 nitrogen and oxygen atoms in total. The van der Waals surface area contributed by atoms with Crippen molar-refractivity contribution in [1.82, 2.24) is 5.32 Å². The summed E-state index contributed by atoms with van der Waals surface area (Å²) in [5.41, 5.74) is 0. The van der Waals surface area contributed by atoms with Crippen LogP contribution in [0.5, 0.6) is 0 Å². The van der Waals surface area contributed by atoms with Crippen LogP contribution in [-0.4, -0.2) is 32.0 Å². The quantitative estimate of drug-likeness (QED) is 0.517. The number of ether oxygens (including phenoxy) is 1. The third-order valence-electron chi connectivity index (χ3n) is 1.95. The van der Waals surface area contributed by atoms with E-state index in [-0.39, 0.29) is 12.6 Å². The minimum Gasteiger partial charge on any atom is -0.370 e. The molecule has 1 N–H and O–H groups in total. The Morgan fingerprint density at radius 3 is 2.62 bits per heavy atom. The maximum Gasteiger partial charge on any atom is 0.411 e. The van der Waals surface area contributed by atoms with Gasteiger partial charge in [-0.05, 0) is 19.4 Å². The maximum absolute atomic E-state index is 11.8. The van der Waals surface area contributed by atoms with Gasteiger partial charge in [0.15, 0.2) is 0 Å². The highest BCUT2D eigenvalue weighted by Crippen LogP contribution is 2.14. The Hall–Kier alpha value is -0.730. The lowest BCUT2D eigenvalue weighted by atomic mass is 10.1. The van der Waals surface area contributed by atoms with Gasteiger partial charge in [0.05, 0.1) is 6.61 Å². The van der Waals surface area contributed by atoms with E-state index in [0.29, 0.717) is 13.0 Å². The molecule has 0 aromatic heterocycles. The molecule has 0 saturated heterocycles. The van der Waals surface area contributed by atoms with Crippen LogP contribution in [-0.2, 0) is 4.74 Å². The van der Waals surface area contributed by atoms with Crippen LogP contribution in [0, 0.1) is 12.3 Å². The smallest absolute Gasteiger partial charge is 0.370 e. The zero-order valence-electron chi connectivity index (χ0n) is 9.44. The predicted octanol–water partition coefficient (Wildman–Crippen LogP) is 2.35. The van der Waals surface area contributed by atoms with Crippen molar-refractivity contribution in [2.45, 2.75) is 38.4 Å². The molecule has 0 bridgehead atoms. The van der Waals surface area contributed by atoms with Crippen LogP contribution in [0.25, 0.3) is 0 Å². The van der Waals surface area contributed by atoms with E-state index in [0.717, 1.165) is 12.8 Å². The van der Waals surface area contributed by atoms with Gasteiger partial charge >= 0.3 is 6.18 Å². The Bertz CT molecular complexity index is 210. The number of rotatable bonds is 8. The fourth-order valence-electron chi connectivity index (χ4n) is 1.30.